The van der Waals surface area contributed by atoms with Crippen LogP contribution < -0.4 is 9.62 Å². The maximum Gasteiger partial charge on any atom is 0.241 e. The number of anilines is 1. The zero-order valence-electron chi connectivity index (χ0n) is 14.7. The zero-order valence-corrected chi connectivity index (χ0v) is 17.0. The van der Waals surface area contributed by atoms with E-state index in [1.807, 2.05) is 19.1 Å². The van der Waals surface area contributed by atoms with Gasteiger partial charge in [-0.15, -0.1) is 0 Å². The maximum absolute atomic E-state index is 12.3. The summed E-state index contributed by atoms with van der Waals surface area (Å²) in [5.41, 5.74) is 2.87. The third kappa shape index (κ3) is 5.37. The fraction of sp³-hybridized carbons (Fsp3) is 0.278. The molecular weight excluding hydrogens is 395 g/mol. The van der Waals surface area contributed by atoms with E-state index in [0.29, 0.717) is 21.3 Å². The van der Waals surface area contributed by atoms with Crippen LogP contribution in [0.3, 0.4) is 0 Å². The van der Waals surface area contributed by atoms with E-state index < -0.39 is 15.9 Å². The van der Waals surface area contributed by atoms with Crippen molar-refractivity contribution in [3.8, 4) is 0 Å². The summed E-state index contributed by atoms with van der Waals surface area (Å²) >= 11 is 11.9. The van der Waals surface area contributed by atoms with Gasteiger partial charge in [0.2, 0.25) is 15.9 Å². The SMILES string of the molecule is Cc1ccc(C)c(N(CC(=O)NCc2ccc(Cl)cc2Cl)S(C)(=O)=O)c1. The number of nitrogens with one attached hydrogen (secondary N) is 1. The molecule has 0 aromatic heterocycles. The molecule has 2 rings (SSSR count). The first kappa shape index (κ1) is 20.6. The van der Waals surface area contributed by atoms with E-state index in [9.17, 15) is 13.2 Å². The highest BCUT2D eigenvalue weighted by Gasteiger charge is 2.22. The maximum atomic E-state index is 12.3. The molecule has 26 heavy (non-hydrogen) atoms. The van der Waals surface area contributed by atoms with Gasteiger partial charge in [-0.1, -0.05) is 41.4 Å². The summed E-state index contributed by atoms with van der Waals surface area (Å²) in [5.74, 6) is -0.428. The highest BCUT2D eigenvalue weighted by Crippen LogP contribution is 2.24. The number of rotatable bonds is 6. The van der Waals surface area contributed by atoms with Crippen LogP contribution in [-0.4, -0.2) is 27.1 Å². The Bertz CT molecular complexity index is 930. The quantitative estimate of drug-likeness (QED) is 0.783. The van der Waals surface area contributed by atoms with Crippen LogP contribution in [0, 0.1) is 13.8 Å². The van der Waals surface area contributed by atoms with Crippen LogP contribution in [0.4, 0.5) is 5.69 Å². The van der Waals surface area contributed by atoms with E-state index in [1.54, 1.807) is 31.2 Å². The number of halogens is 2. The summed E-state index contributed by atoms with van der Waals surface area (Å²) in [6.45, 7) is 3.54. The van der Waals surface area contributed by atoms with Gasteiger partial charge in [0.25, 0.3) is 0 Å². The van der Waals surface area contributed by atoms with Gasteiger partial charge in [0, 0.05) is 16.6 Å². The van der Waals surface area contributed by atoms with Crippen molar-refractivity contribution in [3.05, 3.63) is 63.1 Å². The van der Waals surface area contributed by atoms with Gasteiger partial charge in [0.05, 0.1) is 11.9 Å². The summed E-state index contributed by atoms with van der Waals surface area (Å²) in [4.78, 5) is 12.3. The van der Waals surface area contributed by atoms with E-state index >= 15 is 0 Å². The molecule has 0 atom stereocenters. The summed E-state index contributed by atoms with van der Waals surface area (Å²) in [7, 11) is -3.62. The van der Waals surface area contributed by atoms with E-state index in [4.69, 9.17) is 23.2 Å². The Kier molecular flexibility index (Phi) is 6.55. The molecule has 0 fully saturated rings. The fourth-order valence-electron chi connectivity index (χ4n) is 2.41. The molecule has 0 saturated carbocycles. The van der Waals surface area contributed by atoms with Gasteiger partial charge >= 0.3 is 0 Å². The number of aryl methyl sites for hydroxylation is 2. The second-order valence-corrected chi connectivity index (χ2v) is 8.82. The third-order valence-corrected chi connectivity index (χ3v) is 5.53. The molecule has 5 nitrogen and oxygen atoms in total. The fourth-order valence-corrected chi connectivity index (χ4v) is 3.80. The minimum Gasteiger partial charge on any atom is -0.350 e. The van der Waals surface area contributed by atoms with Crippen LogP contribution in [0.5, 0.6) is 0 Å². The topological polar surface area (TPSA) is 66.5 Å². The lowest BCUT2D eigenvalue weighted by atomic mass is 10.1. The Morgan fingerprint density at radius 1 is 1.12 bits per heavy atom. The Labute approximate surface area is 164 Å². The predicted molar refractivity (Wildman–Crippen MR) is 106 cm³/mol. The Morgan fingerprint density at radius 3 is 2.42 bits per heavy atom. The molecule has 0 spiro atoms. The van der Waals surface area contributed by atoms with E-state index in [2.05, 4.69) is 5.32 Å². The van der Waals surface area contributed by atoms with E-state index in [1.165, 1.54) is 0 Å². The van der Waals surface area contributed by atoms with Crippen molar-refractivity contribution in [2.45, 2.75) is 20.4 Å². The highest BCUT2D eigenvalue weighted by molar-refractivity contribution is 7.92. The first-order valence-electron chi connectivity index (χ1n) is 7.83. The van der Waals surface area contributed by atoms with Crippen molar-refractivity contribution in [2.24, 2.45) is 0 Å². The number of amides is 1. The zero-order chi connectivity index (χ0) is 19.5. The Hall–Kier alpha value is -1.76. The van der Waals surface area contributed by atoms with Crippen molar-refractivity contribution in [1.29, 1.82) is 0 Å². The molecule has 0 heterocycles. The number of nitrogens with zero attached hydrogens (tertiary/aromatic N) is 1. The smallest absolute Gasteiger partial charge is 0.241 e. The first-order chi connectivity index (χ1) is 12.1. The molecule has 0 saturated heterocycles. The number of carbonyl (C=O) groups excluding carboxylic acids is 1. The third-order valence-electron chi connectivity index (χ3n) is 3.81. The normalized spacial score (nSPS) is 11.3. The Morgan fingerprint density at radius 2 is 1.81 bits per heavy atom. The monoisotopic (exact) mass is 414 g/mol. The molecule has 1 amide bonds. The number of hydrogen-bond acceptors (Lipinski definition) is 3. The number of carbonyl (C=O) groups is 1. The molecule has 8 heteroatoms. The molecule has 1 N–H and O–H groups in total. The van der Waals surface area contributed by atoms with Crippen molar-refractivity contribution in [1.82, 2.24) is 5.32 Å². The lowest BCUT2D eigenvalue weighted by Gasteiger charge is -2.24. The van der Waals surface area contributed by atoms with Crippen LogP contribution in [0.2, 0.25) is 10.0 Å². The van der Waals surface area contributed by atoms with Gasteiger partial charge in [-0.25, -0.2) is 8.42 Å². The molecule has 0 aliphatic rings. The highest BCUT2D eigenvalue weighted by atomic mass is 35.5. The predicted octanol–water partition coefficient (Wildman–Crippen LogP) is 3.69. The van der Waals surface area contributed by atoms with Gasteiger partial charge in [0.1, 0.15) is 6.54 Å². The lowest BCUT2D eigenvalue weighted by molar-refractivity contribution is -0.119. The van der Waals surface area contributed by atoms with Crippen molar-refractivity contribution < 1.29 is 13.2 Å². The average molecular weight is 415 g/mol. The number of sulfonamides is 1. The van der Waals surface area contributed by atoms with Crippen LogP contribution in [0.15, 0.2) is 36.4 Å². The lowest BCUT2D eigenvalue weighted by Crippen LogP contribution is -2.40. The summed E-state index contributed by atoms with van der Waals surface area (Å²) < 4.78 is 25.5. The second-order valence-electron chi connectivity index (χ2n) is 6.07. The van der Waals surface area contributed by atoms with Crippen molar-refractivity contribution in [3.63, 3.8) is 0 Å². The van der Waals surface area contributed by atoms with Gasteiger partial charge in [0.15, 0.2) is 0 Å². The summed E-state index contributed by atoms with van der Waals surface area (Å²) in [6, 6.07) is 10.4. The summed E-state index contributed by atoms with van der Waals surface area (Å²) in [5, 5.41) is 3.63. The Balaban J connectivity index is 2.16. The summed E-state index contributed by atoms with van der Waals surface area (Å²) in [6.07, 6.45) is 1.08. The van der Waals surface area contributed by atoms with Crippen LogP contribution in [0.1, 0.15) is 16.7 Å². The minimum atomic E-state index is -3.62. The van der Waals surface area contributed by atoms with Gasteiger partial charge < -0.3 is 5.32 Å². The van der Waals surface area contributed by atoms with Gasteiger partial charge in [-0.3, -0.25) is 9.10 Å². The molecule has 2 aromatic carbocycles. The molecule has 2 aromatic rings. The minimum absolute atomic E-state index is 0.180. The van der Waals surface area contributed by atoms with Crippen LogP contribution >= 0.6 is 23.2 Å². The second kappa shape index (κ2) is 8.29. The molecule has 0 aliphatic carbocycles. The van der Waals surface area contributed by atoms with Crippen LogP contribution in [-0.2, 0) is 21.4 Å². The van der Waals surface area contributed by atoms with Crippen molar-refractivity contribution in [2.75, 3.05) is 17.1 Å². The van der Waals surface area contributed by atoms with E-state index in [0.717, 1.165) is 21.7 Å². The largest absolute Gasteiger partial charge is 0.350 e. The molecule has 0 radical (unpaired) electrons. The molecule has 0 bridgehead atoms. The number of hydrogen-bond donors (Lipinski definition) is 1. The molecule has 140 valence electrons. The van der Waals surface area contributed by atoms with Gasteiger partial charge in [-0.2, -0.15) is 0 Å². The first-order valence-corrected chi connectivity index (χ1v) is 10.4. The van der Waals surface area contributed by atoms with E-state index in [-0.39, 0.29) is 13.1 Å². The molecule has 0 aliphatic heterocycles. The van der Waals surface area contributed by atoms with Crippen LogP contribution in [0.25, 0.3) is 0 Å². The standard InChI is InChI=1S/C18H20Cl2N2O3S/c1-12-4-5-13(2)17(8-12)22(26(3,24)25)11-18(23)21-10-14-6-7-15(19)9-16(14)20/h4-9H,10-11H2,1-3H3,(H,21,23). The number of benzene rings is 2. The van der Waals surface area contributed by atoms with Gasteiger partial charge in [-0.05, 0) is 48.7 Å². The average Bonchev–Trinajstić information content (AvgIpc) is 2.53. The molecule has 0 unspecified atom stereocenters. The van der Waals surface area contributed by atoms with Crippen molar-refractivity contribution >= 4 is 44.8 Å². The molecular formula is C18H20Cl2N2O3S.